The third-order valence-electron chi connectivity index (χ3n) is 5.73. The molecule has 0 amide bonds. The third kappa shape index (κ3) is 5.22. The number of likely N-dealkylation sites (tertiary alicyclic amines) is 1. The molecule has 31 heavy (non-hydrogen) atoms. The summed E-state index contributed by atoms with van der Waals surface area (Å²) in [7, 11) is 2.07. The molecular formula is C24H30N4O2S. The van der Waals surface area contributed by atoms with Crippen molar-refractivity contribution < 1.29 is 9.84 Å². The first kappa shape index (κ1) is 21.7. The lowest BCUT2D eigenvalue weighted by atomic mass is 9.96. The van der Waals surface area contributed by atoms with Crippen LogP contribution in [-0.4, -0.2) is 44.5 Å². The first-order valence-corrected chi connectivity index (χ1v) is 11.9. The number of phenols is 1. The average molecular weight is 439 g/mol. The lowest BCUT2D eigenvalue weighted by Crippen LogP contribution is -2.34. The molecule has 1 aliphatic rings. The second-order valence-electron chi connectivity index (χ2n) is 7.95. The van der Waals surface area contributed by atoms with E-state index < -0.39 is 0 Å². The van der Waals surface area contributed by atoms with Gasteiger partial charge >= 0.3 is 0 Å². The molecule has 1 unspecified atom stereocenters. The van der Waals surface area contributed by atoms with Gasteiger partial charge in [0, 0.05) is 37.4 Å². The van der Waals surface area contributed by atoms with Gasteiger partial charge in [0.05, 0.1) is 6.61 Å². The smallest absolute Gasteiger partial charge is 0.191 e. The van der Waals surface area contributed by atoms with Crippen LogP contribution in [0.2, 0.25) is 0 Å². The van der Waals surface area contributed by atoms with E-state index in [2.05, 4.69) is 51.0 Å². The molecule has 1 aromatic heterocycles. The summed E-state index contributed by atoms with van der Waals surface area (Å²) in [5, 5.41) is 20.5. The highest BCUT2D eigenvalue weighted by molar-refractivity contribution is 7.98. The number of piperidine rings is 1. The van der Waals surface area contributed by atoms with Crippen molar-refractivity contribution in [3.8, 4) is 11.5 Å². The zero-order chi connectivity index (χ0) is 21.6. The summed E-state index contributed by atoms with van der Waals surface area (Å²) in [6, 6.07) is 16.2. The van der Waals surface area contributed by atoms with E-state index in [1.54, 1.807) is 11.8 Å². The van der Waals surface area contributed by atoms with Crippen LogP contribution in [0.5, 0.6) is 11.5 Å². The highest BCUT2D eigenvalue weighted by Gasteiger charge is 2.26. The van der Waals surface area contributed by atoms with Crippen molar-refractivity contribution in [1.82, 2.24) is 19.7 Å². The summed E-state index contributed by atoms with van der Waals surface area (Å²) >= 11 is 1.73. The number of benzene rings is 2. The van der Waals surface area contributed by atoms with E-state index in [0.717, 1.165) is 48.2 Å². The van der Waals surface area contributed by atoms with Crippen molar-refractivity contribution in [1.29, 1.82) is 0 Å². The van der Waals surface area contributed by atoms with Gasteiger partial charge in [-0.15, -0.1) is 10.2 Å². The first-order chi connectivity index (χ1) is 15.2. The molecule has 4 rings (SSSR count). The Labute approximate surface area is 188 Å². The predicted molar refractivity (Wildman–Crippen MR) is 124 cm³/mol. The number of para-hydroxylation sites is 1. The van der Waals surface area contributed by atoms with Crippen molar-refractivity contribution in [2.24, 2.45) is 7.05 Å². The van der Waals surface area contributed by atoms with Gasteiger partial charge in [-0.05, 0) is 37.9 Å². The molecule has 1 N–H and O–H groups in total. The zero-order valence-electron chi connectivity index (χ0n) is 18.2. The molecule has 1 fully saturated rings. The molecule has 6 nitrogen and oxygen atoms in total. The predicted octanol–water partition coefficient (Wildman–Crippen LogP) is 4.59. The van der Waals surface area contributed by atoms with Gasteiger partial charge < -0.3 is 14.4 Å². The van der Waals surface area contributed by atoms with Crippen molar-refractivity contribution in [2.45, 2.75) is 43.1 Å². The van der Waals surface area contributed by atoms with E-state index in [1.807, 2.05) is 31.2 Å². The Hall–Kier alpha value is -2.51. The highest BCUT2D eigenvalue weighted by atomic mass is 32.2. The quantitative estimate of drug-likeness (QED) is 0.519. The normalized spacial score (nSPS) is 17.0. The van der Waals surface area contributed by atoms with Crippen LogP contribution in [-0.2, 0) is 19.3 Å². The molecule has 0 spiro atoms. The summed E-state index contributed by atoms with van der Waals surface area (Å²) < 4.78 is 7.69. The van der Waals surface area contributed by atoms with Gasteiger partial charge in [-0.1, -0.05) is 54.2 Å². The summed E-state index contributed by atoms with van der Waals surface area (Å²) in [4.78, 5) is 2.39. The molecule has 2 heterocycles. The van der Waals surface area contributed by atoms with Gasteiger partial charge in [-0.2, -0.15) is 0 Å². The van der Waals surface area contributed by atoms with Crippen molar-refractivity contribution in [3.05, 3.63) is 65.5 Å². The van der Waals surface area contributed by atoms with E-state index in [1.165, 1.54) is 5.56 Å². The Balaban J connectivity index is 1.41. The van der Waals surface area contributed by atoms with Crippen LogP contribution >= 0.6 is 11.8 Å². The average Bonchev–Trinajstić information content (AvgIpc) is 3.16. The zero-order valence-corrected chi connectivity index (χ0v) is 19.0. The molecular weight excluding hydrogens is 408 g/mol. The van der Waals surface area contributed by atoms with Gasteiger partial charge in [-0.25, -0.2) is 0 Å². The molecule has 0 aliphatic carbocycles. The minimum absolute atomic E-state index is 0.254. The number of ether oxygens (including phenoxy) is 1. The Morgan fingerprint density at radius 3 is 2.77 bits per heavy atom. The van der Waals surface area contributed by atoms with E-state index in [9.17, 15) is 5.11 Å². The number of hydrogen-bond acceptors (Lipinski definition) is 6. The Bertz CT molecular complexity index is 992. The van der Waals surface area contributed by atoms with Crippen LogP contribution in [0.15, 0.2) is 53.7 Å². The van der Waals surface area contributed by atoms with Gasteiger partial charge in [0.1, 0.15) is 5.82 Å². The number of hydrogen-bond donors (Lipinski definition) is 1. The molecule has 164 valence electrons. The molecule has 1 saturated heterocycles. The summed E-state index contributed by atoms with van der Waals surface area (Å²) in [6.07, 6.45) is 2.22. The molecule has 1 aliphatic heterocycles. The van der Waals surface area contributed by atoms with Crippen LogP contribution in [0, 0.1) is 0 Å². The molecule has 0 bridgehead atoms. The number of aromatic nitrogens is 3. The lowest BCUT2D eigenvalue weighted by Gasteiger charge is -2.32. The third-order valence-corrected chi connectivity index (χ3v) is 6.82. The Morgan fingerprint density at radius 2 is 1.97 bits per heavy atom. The first-order valence-electron chi connectivity index (χ1n) is 10.9. The maximum absolute atomic E-state index is 10.6. The standard InChI is InChI=1S/C24H30N4O2S/c1-3-30-21-13-7-11-19(22(21)29)15-28-14-8-12-20(16-28)23-25-26-24(27(23)2)31-17-18-9-5-4-6-10-18/h4-7,9-11,13,20,29H,3,8,12,14-17H2,1-2H3. The molecule has 3 aromatic rings. The van der Waals surface area contributed by atoms with E-state index in [0.29, 0.717) is 24.8 Å². The van der Waals surface area contributed by atoms with E-state index in [-0.39, 0.29) is 5.75 Å². The Morgan fingerprint density at radius 1 is 1.13 bits per heavy atom. The van der Waals surface area contributed by atoms with Crippen LogP contribution in [0.25, 0.3) is 0 Å². The fraction of sp³-hybridized carbons (Fsp3) is 0.417. The van der Waals surface area contributed by atoms with Crippen LogP contribution in [0.4, 0.5) is 0 Å². The fourth-order valence-electron chi connectivity index (χ4n) is 4.15. The van der Waals surface area contributed by atoms with Gasteiger partial charge in [0.2, 0.25) is 0 Å². The number of rotatable bonds is 8. The van der Waals surface area contributed by atoms with Gasteiger partial charge in [0.25, 0.3) is 0 Å². The molecule has 2 aromatic carbocycles. The maximum atomic E-state index is 10.6. The minimum Gasteiger partial charge on any atom is -0.504 e. The monoisotopic (exact) mass is 438 g/mol. The number of aromatic hydroxyl groups is 1. The summed E-state index contributed by atoms with van der Waals surface area (Å²) in [5.41, 5.74) is 2.19. The minimum atomic E-state index is 0.254. The van der Waals surface area contributed by atoms with Gasteiger partial charge in [-0.3, -0.25) is 4.90 Å². The van der Waals surface area contributed by atoms with E-state index >= 15 is 0 Å². The molecule has 0 radical (unpaired) electrons. The van der Waals surface area contributed by atoms with Crippen molar-refractivity contribution >= 4 is 11.8 Å². The van der Waals surface area contributed by atoms with Crippen LogP contribution in [0.3, 0.4) is 0 Å². The van der Waals surface area contributed by atoms with Crippen LogP contribution in [0.1, 0.15) is 42.6 Å². The highest BCUT2D eigenvalue weighted by Crippen LogP contribution is 2.33. The SMILES string of the molecule is CCOc1cccc(CN2CCCC(c3nnc(SCc4ccccc4)n3C)C2)c1O. The van der Waals surface area contributed by atoms with Crippen molar-refractivity contribution in [3.63, 3.8) is 0 Å². The number of phenolic OH excluding ortho intramolecular Hbond substituents is 1. The summed E-state index contributed by atoms with van der Waals surface area (Å²) in [6.45, 7) is 5.10. The van der Waals surface area contributed by atoms with E-state index in [4.69, 9.17) is 4.74 Å². The molecule has 7 heteroatoms. The van der Waals surface area contributed by atoms with Crippen molar-refractivity contribution in [2.75, 3.05) is 19.7 Å². The Kier molecular flexibility index (Phi) is 7.14. The molecule has 1 atom stereocenters. The second kappa shape index (κ2) is 10.2. The molecule has 0 saturated carbocycles. The topological polar surface area (TPSA) is 63.4 Å². The fourth-order valence-corrected chi connectivity index (χ4v) is 5.02. The van der Waals surface area contributed by atoms with Gasteiger partial charge in [0.15, 0.2) is 16.7 Å². The largest absolute Gasteiger partial charge is 0.504 e. The van der Waals surface area contributed by atoms with Crippen LogP contribution < -0.4 is 4.74 Å². The number of thioether (sulfide) groups is 1. The summed E-state index contributed by atoms with van der Waals surface area (Å²) in [5.74, 6) is 3.09. The second-order valence-corrected chi connectivity index (χ2v) is 8.89. The lowest BCUT2D eigenvalue weighted by molar-refractivity contribution is 0.192. The number of nitrogens with zero attached hydrogens (tertiary/aromatic N) is 4. The maximum Gasteiger partial charge on any atom is 0.191 e.